The molecule has 7 nitrogen and oxygen atoms in total. The van der Waals surface area contributed by atoms with E-state index in [1.165, 1.54) is 0 Å². The number of rotatable bonds is 10. The van der Waals surface area contributed by atoms with E-state index >= 15 is 0 Å². The van der Waals surface area contributed by atoms with Crippen LogP contribution in [0.5, 0.6) is 5.75 Å². The third kappa shape index (κ3) is 6.15. The topological polar surface area (TPSA) is 88.7 Å². The fourth-order valence-corrected chi connectivity index (χ4v) is 4.51. The van der Waals surface area contributed by atoms with Gasteiger partial charge < -0.3 is 14.3 Å². The molecule has 0 saturated carbocycles. The van der Waals surface area contributed by atoms with Gasteiger partial charge in [0, 0.05) is 23.7 Å². The van der Waals surface area contributed by atoms with Crippen LogP contribution in [-0.4, -0.2) is 31.5 Å². The predicted molar refractivity (Wildman–Crippen MR) is 135 cm³/mol. The number of hydrogen-bond acceptors (Lipinski definition) is 7. The van der Waals surface area contributed by atoms with E-state index in [0.717, 1.165) is 33.0 Å². The van der Waals surface area contributed by atoms with Crippen LogP contribution < -0.4 is 4.74 Å². The van der Waals surface area contributed by atoms with Gasteiger partial charge in [-0.2, -0.15) is 0 Å². The number of carboxylic acids is 1. The number of thiazole rings is 1. The maximum absolute atomic E-state index is 11.5. The first-order valence-corrected chi connectivity index (χ1v) is 12.2. The van der Waals surface area contributed by atoms with Crippen molar-refractivity contribution in [2.24, 2.45) is 0 Å². The fourth-order valence-electron chi connectivity index (χ4n) is 3.85. The number of aliphatic carboxylic acids is 1. The number of benzene rings is 2. The summed E-state index contributed by atoms with van der Waals surface area (Å²) in [7, 11) is 0. The van der Waals surface area contributed by atoms with Crippen LogP contribution in [0.2, 0.25) is 0 Å². The highest BCUT2D eigenvalue weighted by Gasteiger charge is 2.30. The van der Waals surface area contributed by atoms with Crippen LogP contribution in [0, 0.1) is 13.8 Å². The highest BCUT2D eigenvalue weighted by Crippen LogP contribution is 2.30. The number of aryl methyl sites for hydroxylation is 2. The number of carboxylic acid groups (broad SMARTS) is 1. The molecule has 0 radical (unpaired) electrons. The molecule has 0 saturated heterocycles. The lowest BCUT2D eigenvalue weighted by Gasteiger charge is -2.25. The lowest BCUT2D eigenvalue weighted by molar-refractivity contribution is -0.152. The van der Waals surface area contributed by atoms with Gasteiger partial charge in [0.05, 0.1) is 19.3 Å². The summed E-state index contributed by atoms with van der Waals surface area (Å²) >= 11 is 1.61. The van der Waals surface area contributed by atoms with Crippen LogP contribution in [0.15, 0.2) is 64.7 Å². The van der Waals surface area contributed by atoms with E-state index in [9.17, 15) is 9.90 Å². The molecule has 35 heavy (non-hydrogen) atoms. The zero-order valence-corrected chi connectivity index (χ0v) is 21.1. The van der Waals surface area contributed by atoms with Crippen LogP contribution in [0.3, 0.4) is 0 Å². The number of hydrogen-bond donors (Lipinski definition) is 1. The summed E-state index contributed by atoms with van der Waals surface area (Å²) in [6.07, 6.45) is 3.57. The second-order valence-electron chi connectivity index (χ2n) is 9.03. The molecule has 2 aromatic carbocycles. The van der Waals surface area contributed by atoms with E-state index in [4.69, 9.17) is 9.15 Å². The van der Waals surface area contributed by atoms with Crippen molar-refractivity contribution in [3.8, 4) is 17.1 Å². The summed E-state index contributed by atoms with van der Waals surface area (Å²) < 4.78 is 11.9. The van der Waals surface area contributed by atoms with E-state index in [1.807, 2.05) is 67.9 Å². The SMILES string of the molecule is Cc1cc(CN(Cc2ncc(-c3ccccc3)o2)Cc2nccs2)cc(C)c1OC(C)(C)C(=O)O. The first-order valence-electron chi connectivity index (χ1n) is 11.3. The van der Waals surface area contributed by atoms with Gasteiger partial charge in [-0.15, -0.1) is 11.3 Å². The van der Waals surface area contributed by atoms with Crippen LogP contribution in [-0.2, 0) is 24.4 Å². The maximum atomic E-state index is 11.5. The monoisotopic (exact) mass is 491 g/mol. The number of ether oxygens (including phenoxy) is 1. The highest BCUT2D eigenvalue weighted by molar-refractivity contribution is 7.09. The summed E-state index contributed by atoms with van der Waals surface area (Å²) in [6, 6.07) is 14.0. The average molecular weight is 492 g/mol. The van der Waals surface area contributed by atoms with E-state index in [2.05, 4.69) is 14.9 Å². The lowest BCUT2D eigenvalue weighted by atomic mass is 10.0. The molecule has 4 rings (SSSR count). The molecule has 0 spiro atoms. The number of carbonyl (C=O) groups is 1. The van der Waals surface area contributed by atoms with Gasteiger partial charge in [-0.1, -0.05) is 42.5 Å². The predicted octanol–water partition coefficient (Wildman–Crippen LogP) is 5.86. The van der Waals surface area contributed by atoms with Crippen LogP contribution in [0.1, 0.15) is 41.4 Å². The van der Waals surface area contributed by atoms with Crippen LogP contribution in [0.25, 0.3) is 11.3 Å². The van der Waals surface area contributed by atoms with Crippen molar-refractivity contribution in [3.63, 3.8) is 0 Å². The quantitative estimate of drug-likeness (QED) is 0.297. The van der Waals surface area contributed by atoms with E-state index in [0.29, 0.717) is 31.3 Å². The van der Waals surface area contributed by atoms with Gasteiger partial charge in [0.15, 0.2) is 11.4 Å². The fraction of sp³-hybridized carbons (Fsp3) is 0.296. The highest BCUT2D eigenvalue weighted by atomic mass is 32.1. The van der Waals surface area contributed by atoms with E-state index in [-0.39, 0.29) is 0 Å². The molecule has 0 aliphatic heterocycles. The molecule has 0 amide bonds. The summed E-state index contributed by atoms with van der Waals surface area (Å²) in [5, 5.41) is 12.4. The summed E-state index contributed by atoms with van der Waals surface area (Å²) in [4.78, 5) is 22.7. The zero-order valence-electron chi connectivity index (χ0n) is 20.3. The third-order valence-corrected chi connectivity index (χ3v) is 6.38. The molecule has 0 bridgehead atoms. The Morgan fingerprint density at radius 1 is 1.09 bits per heavy atom. The lowest BCUT2D eigenvalue weighted by Crippen LogP contribution is -2.38. The second kappa shape index (κ2) is 10.4. The number of aromatic nitrogens is 2. The molecule has 4 aromatic rings. The first kappa shape index (κ1) is 24.6. The first-order chi connectivity index (χ1) is 16.7. The van der Waals surface area contributed by atoms with Crippen molar-refractivity contribution in [1.29, 1.82) is 0 Å². The van der Waals surface area contributed by atoms with Crippen molar-refractivity contribution in [3.05, 3.63) is 87.8 Å². The van der Waals surface area contributed by atoms with Crippen molar-refractivity contribution in [1.82, 2.24) is 14.9 Å². The molecular weight excluding hydrogens is 462 g/mol. The molecule has 2 heterocycles. The minimum absolute atomic E-state index is 0.523. The van der Waals surface area contributed by atoms with Gasteiger partial charge >= 0.3 is 5.97 Å². The largest absolute Gasteiger partial charge is 0.478 e. The van der Waals surface area contributed by atoms with Gasteiger partial charge in [0.1, 0.15) is 10.8 Å². The third-order valence-electron chi connectivity index (χ3n) is 5.61. The van der Waals surface area contributed by atoms with Gasteiger partial charge in [0.2, 0.25) is 5.89 Å². The van der Waals surface area contributed by atoms with Crippen LogP contribution >= 0.6 is 11.3 Å². The molecule has 8 heteroatoms. The Kier molecular flexibility index (Phi) is 7.33. The number of oxazole rings is 1. The minimum atomic E-state index is -1.31. The van der Waals surface area contributed by atoms with E-state index in [1.54, 1.807) is 31.4 Å². The molecule has 0 fully saturated rings. The standard InChI is InChI=1S/C27H29N3O4S/c1-18-12-20(13-19(2)25(18)34-27(3,4)26(31)32)15-30(17-24-28-10-11-35-24)16-23-29-14-22(33-23)21-8-6-5-7-9-21/h5-14H,15-17H2,1-4H3,(H,31,32). The number of nitrogens with zero attached hydrogens (tertiary/aromatic N) is 3. The molecule has 0 aliphatic rings. The zero-order chi connectivity index (χ0) is 25.0. The Bertz CT molecular complexity index is 1260. The van der Waals surface area contributed by atoms with Crippen molar-refractivity contribution < 1.29 is 19.1 Å². The average Bonchev–Trinajstić information content (AvgIpc) is 3.49. The molecule has 0 unspecified atom stereocenters. The Hall–Kier alpha value is -3.49. The Morgan fingerprint density at radius 3 is 2.43 bits per heavy atom. The molecular formula is C27H29N3O4S. The van der Waals surface area contributed by atoms with Crippen LogP contribution in [0.4, 0.5) is 0 Å². The van der Waals surface area contributed by atoms with Gasteiger partial charge in [-0.3, -0.25) is 4.90 Å². The summed E-state index contributed by atoms with van der Waals surface area (Å²) in [6.45, 7) is 8.81. The van der Waals surface area contributed by atoms with E-state index < -0.39 is 11.6 Å². The van der Waals surface area contributed by atoms with Gasteiger partial charge in [0.25, 0.3) is 0 Å². The van der Waals surface area contributed by atoms with Crippen molar-refractivity contribution >= 4 is 17.3 Å². The Balaban J connectivity index is 1.55. The minimum Gasteiger partial charge on any atom is -0.478 e. The summed E-state index contributed by atoms with van der Waals surface area (Å²) in [5.74, 6) is 0.977. The second-order valence-corrected chi connectivity index (χ2v) is 10.0. The molecule has 182 valence electrons. The Labute approximate surface area is 209 Å². The van der Waals surface area contributed by atoms with Crippen molar-refractivity contribution in [2.45, 2.75) is 52.9 Å². The van der Waals surface area contributed by atoms with Crippen molar-refractivity contribution in [2.75, 3.05) is 0 Å². The smallest absolute Gasteiger partial charge is 0.347 e. The molecule has 0 aliphatic carbocycles. The summed E-state index contributed by atoms with van der Waals surface area (Å²) in [5.41, 5.74) is 2.56. The maximum Gasteiger partial charge on any atom is 0.347 e. The normalized spacial score (nSPS) is 11.7. The van der Waals surface area contributed by atoms with Gasteiger partial charge in [-0.05, 0) is 44.4 Å². The molecule has 1 N–H and O–H groups in total. The molecule has 0 atom stereocenters. The van der Waals surface area contributed by atoms with Gasteiger partial charge in [-0.25, -0.2) is 14.8 Å². The Morgan fingerprint density at radius 2 is 1.80 bits per heavy atom. The molecule has 2 aromatic heterocycles.